The number of hydrogen-bond donors (Lipinski definition) is 1. The second-order valence-electron chi connectivity index (χ2n) is 5.28. The molecule has 1 saturated heterocycles. The van der Waals surface area contributed by atoms with Crippen LogP contribution in [-0.2, 0) is 4.74 Å². The largest absolute Gasteiger partial charge is 0.377 e. The Hall–Kier alpha value is -0.0800. The highest BCUT2D eigenvalue weighted by atomic mass is 16.5. The minimum Gasteiger partial charge on any atom is -0.377 e. The van der Waals surface area contributed by atoms with Gasteiger partial charge in [0.2, 0.25) is 0 Å². The predicted molar refractivity (Wildman–Crippen MR) is 55.9 cm³/mol. The number of rotatable bonds is 3. The topological polar surface area (TPSA) is 21.3 Å². The minimum atomic E-state index is 0.368. The second-order valence-corrected chi connectivity index (χ2v) is 5.28. The van der Waals surface area contributed by atoms with E-state index in [9.17, 15) is 0 Å². The summed E-state index contributed by atoms with van der Waals surface area (Å²) in [4.78, 5) is 0. The molecule has 0 saturated carbocycles. The van der Waals surface area contributed by atoms with Gasteiger partial charge in [0.15, 0.2) is 0 Å². The van der Waals surface area contributed by atoms with E-state index in [4.69, 9.17) is 4.74 Å². The molecule has 1 N–H and O–H groups in total. The maximum Gasteiger partial charge on any atom is 0.0726 e. The molecule has 0 aromatic carbocycles. The van der Waals surface area contributed by atoms with Gasteiger partial charge in [-0.25, -0.2) is 0 Å². The predicted octanol–water partition coefficient (Wildman–Crippen LogP) is 2.19. The zero-order chi connectivity index (χ0) is 9.90. The molecule has 0 radical (unpaired) electrons. The van der Waals surface area contributed by atoms with Crippen molar-refractivity contribution in [2.45, 2.75) is 52.7 Å². The summed E-state index contributed by atoms with van der Waals surface area (Å²) >= 11 is 0. The van der Waals surface area contributed by atoms with Crippen LogP contribution in [0, 0.1) is 5.41 Å². The maximum atomic E-state index is 5.62. The van der Waals surface area contributed by atoms with Crippen LogP contribution in [-0.4, -0.2) is 25.3 Å². The summed E-state index contributed by atoms with van der Waals surface area (Å²) in [6.07, 6.45) is 2.90. The van der Waals surface area contributed by atoms with Crippen LogP contribution >= 0.6 is 0 Å². The molecule has 2 nitrogen and oxygen atoms in total. The Morgan fingerprint density at radius 1 is 1.46 bits per heavy atom. The molecule has 0 aliphatic carbocycles. The fourth-order valence-corrected chi connectivity index (χ4v) is 1.60. The Kier molecular flexibility index (Phi) is 3.74. The smallest absolute Gasteiger partial charge is 0.0726 e. The van der Waals surface area contributed by atoms with Crippen molar-refractivity contribution in [2.24, 2.45) is 5.41 Å². The van der Waals surface area contributed by atoms with Gasteiger partial charge in [0.1, 0.15) is 0 Å². The molecule has 1 heterocycles. The average molecular weight is 185 g/mol. The van der Waals surface area contributed by atoms with Crippen LogP contribution in [0.3, 0.4) is 0 Å². The fourth-order valence-electron chi connectivity index (χ4n) is 1.60. The molecule has 0 bridgehead atoms. The summed E-state index contributed by atoms with van der Waals surface area (Å²) in [5.41, 5.74) is 0.368. The maximum absolute atomic E-state index is 5.62. The zero-order valence-electron chi connectivity index (χ0n) is 9.39. The van der Waals surface area contributed by atoms with E-state index >= 15 is 0 Å². The van der Waals surface area contributed by atoms with Crippen LogP contribution in [0.15, 0.2) is 0 Å². The van der Waals surface area contributed by atoms with Crippen LogP contribution in [0.25, 0.3) is 0 Å². The zero-order valence-corrected chi connectivity index (χ0v) is 9.39. The van der Waals surface area contributed by atoms with Crippen molar-refractivity contribution < 1.29 is 4.74 Å². The first-order valence-corrected chi connectivity index (χ1v) is 5.34. The third-order valence-electron chi connectivity index (χ3n) is 2.48. The summed E-state index contributed by atoms with van der Waals surface area (Å²) in [7, 11) is 0. The van der Waals surface area contributed by atoms with Gasteiger partial charge in [0.05, 0.1) is 6.10 Å². The summed E-state index contributed by atoms with van der Waals surface area (Å²) in [5, 5.41) is 3.54. The molecule has 2 heteroatoms. The SMILES string of the molecule is CC(NCC(C)(C)C)C1CCCO1. The number of nitrogens with one attached hydrogen (secondary N) is 1. The molecule has 0 amide bonds. The first kappa shape index (κ1) is 11.0. The monoisotopic (exact) mass is 185 g/mol. The molecule has 1 aliphatic heterocycles. The molecular formula is C11H23NO. The third kappa shape index (κ3) is 4.10. The Bertz CT molecular complexity index is 145. The molecule has 13 heavy (non-hydrogen) atoms. The molecule has 1 rings (SSSR count). The highest BCUT2D eigenvalue weighted by Gasteiger charge is 2.23. The van der Waals surface area contributed by atoms with Crippen molar-refractivity contribution in [3.63, 3.8) is 0 Å². The Morgan fingerprint density at radius 3 is 2.62 bits per heavy atom. The fraction of sp³-hybridized carbons (Fsp3) is 1.00. The van der Waals surface area contributed by atoms with E-state index in [2.05, 4.69) is 33.0 Å². The van der Waals surface area contributed by atoms with Gasteiger partial charge in [0, 0.05) is 19.2 Å². The molecule has 2 atom stereocenters. The quantitative estimate of drug-likeness (QED) is 0.727. The molecule has 78 valence electrons. The lowest BCUT2D eigenvalue weighted by molar-refractivity contribution is 0.0807. The van der Waals surface area contributed by atoms with E-state index in [1.165, 1.54) is 12.8 Å². The standard InChI is InChI=1S/C11H23NO/c1-9(10-6-5-7-13-10)12-8-11(2,3)4/h9-10,12H,5-8H2,1-4H3. The van der Waals surface area contributed by atoms with Gasteiger partial charge in [-0.3, -0.25) is 0 Å². The highest BCUT2D eigenvalue weighted by molar-refractivity contribution is 4.78. The van der Waals surface area contributed by atoms with Gasteiger partial charge < -0.3 is 10.1 Å². The molecule has 2 unspecified atom stereocenters. The summed E-state index contributed by atoms with van der Waals surface area (Å²) in [5.74, 6) is 0. The van der Waals surface area contributed by atoms with E-state index in [1.54, 1.807) is 0 Å². The van der Waals surface area contributed by atoms with Gasteiger partial charge in [-0.2, -0.15) is 0 Å². The van der Waals surface area contributed by atoms with Crippen molar-refractivity contribution in [3.05, 3.63) is 0 Å². The number of hydrogen-bond acceptors (Lipinski definition) is 2. The first-order valence-electron chi connectivity index (χ1n) is 5.34. The van der Waals surface area contributed by atoms with Crippen molar-refractivity contribution in [1.29, 1.82) is 0 Å². The van der Waals surface area contributed by atoms with E-state index in [1.807, 2.05) is 0 Å². The molecule has 0 spiro atoms. The van der Waals surface area contributed by atoms with Crippen molar-refractivity contribution in [3.8, 4) is 0 Å². The summed E-state index contributed by atoms with van der Waals surface area (Å²) in [6.45, 7) is 11.0. The summed E-state index contributed by atoms with van der Waals surface area (Å²) < 4.78 is 5.62. The van der Waals surface area contributed by atoms with E-state index < -0.39 is 0 Å². The molecule has 1 aliphatic rings. The minimum absolute atomic E-state index is 0.368. The number of ether oxygens (including phenoxy) is 1. The van der Waals surface area contributed by atoms with Crippen molar-refractivity contribution >= 4 is 0 Å². The van der Waals surface area contributed by atoms with E-state index in [-0.39, 0.29) is 0 Å². The lowest BCUT2D eigenvalue weighted by Gasteiger charge is -2.25. The van der Waals surface area contributed by atoms with Crippen LogP contribution in [0.5, 0.6) is 0 Å². The third-order valence-corrected chi connectivity index (χ3v) is 2.48. The van der Waals surface area contributed by atoms with Crippen LogP contribution < -0.4 is 5.32 Å². The normalized spacial score (nSPS) is 26.3. The molecule has 0 aromatic rings. The Balaban J connectivity index is 2.20. The molecular weight excluding hydrogens is 162 g/mol. The first-order chi connectivity index (χ1) is 5.99. The van der Waals surface area contributed by atoms with Gasteiger partial charge >= 0.3 is 0 Å². The van der Waals surface area contributed by atoms with Crippen molar-refractivity contribution in [1.82, 2.24) is 5.32 Å². The van der Waals surface area contributed by atoms with Crippen LogP contribution in [0.1, 0.15) is 40.5 Å². The molecule has 0 aromatic heterocycles. The Labute approximate surface area is 82.0 Å². The Morgan fingerprint density at radius 2 is 2.15 bits per heavy atom. The average Bonchev–Trinajstić information content (AvgIpc) is 2.50. The van der Waals surface area contributed by atoms with Gasteiger partial charge in [-0.15, -0.1) is 0 Å². The lowest BCUT2D eigenvalue weighted by Crippen LogP contribution is -2.41. The van der Waals surface area contributed by atoms with Crippen LogP contribution in [0.2, 0.25) is 0 Å². The molecule has 1 fully saturated rings. The van der Waals surface area contributed by atoms with E-state index in [0.29, 0.717) is 17.6 Å². The highest BCUT2D eigenvalue weighted by Crippen LogP contribution is 2.17. The second kappa shape index (κ2) is 4.43. The van der Waals surface area contributed by atoms with Gasteiger partial charge in [0.25, 0.3) is 0 Å². The summed E-state index contributed by atoms with van der Waals surface area (Å²) in [6, 6.07) is 0.502. The van der Waals surface area contributed by atoms with Gasteiger partial charge in [-0.1, -0.05) is 20.8 Å². The van der Waals surface area contributed by atoms with Crippen molar-refractivity contribution in [2.75, 3.05) is 13.2 Å². The van der Waals surface area contributed by atoms with Crippen LogP contribution in [0.4, 0.5) is 0 Å². The lowest BCUT2D eigenvalue weighted by atomic mass is 9.96. The van der Waals surface area contributed by atoms with E-state index in [0.717, 1.165) is 13.2 Å². The van der Waals surface area contributed by atoms with Gasteiger partial charge in [-0.05, 0) is 25.2 Å².